The van der Waals surface area contributed by atoms with Crippen LogP contribution in [0.15, 0.2) is 0 Å². The van der Waals surface area contributed by atoms with Crippen molar-refractivity contribution >= 4 is 17.9 Å². The molecule has 0 aromatic carbocycles. The monoisotopic (exact) mass is 412 g/mol. The van der Waals surface area contributed by atoms with Crippen molar-refractivity contribution in [2.24, 2.45) is 29.1 Å². The van der Waals surface area contributed by atoms with Gasteiger partial charge in [-0.05, 0) is 23.7 Å². The van der Waals surface area contributed by atoms with Crippen molar-refractivity contribution in [2.45, 2.75) is 90.1 Å². The first kappa shape index (κ1) is 23.6. The third-order valence-electron chi connectivity index (χ3n) is 7.95. The van der Waals surface area contributed by atoms with Gasteiger partial charge in [-0.2, -0.15) is 0 Å². The summed E-state index contributed by atoms with van der Waals surface area (Å²) in [5, 5.41) is 41.3. The van der Waals surface area contributed by atoms with Crippen molar-refractivity contribution in [2.75, 3.05) is 0 Å². The molecule has 0 spiro atoms. The molecule has 0 saturated heterocycles. The van der Waals surface area contributed by atoms with Gasteiger partial charge < -0.3 is 20.4 Å². The summed E-state index contributed by atoms with van der Waals surface area (Å²) in [5.74, 6) is -6.06. The van der Waals surface area contributed by atoms with Crippen molar-refractivity contribution in [3.05, 3.63) is 0 Å². The number of carboxylic acid groups (broad SMARTS) is 3. The van der Waals surface area contributed by atoms with Gasteiger partial charge in [-0.25, -0.2) is 4.79 Å². The molecule has 2 aliphatic rings. The molecule has 2 rings (SSSR count). The van der Waals surface area contributed by atoms with Crippen LogP contribution in [0.4, 0.5) is 0 Å². The predicted octanol–water partition coefficient (Wildman–Crippen LogP) is 3.78. The molecule has 2 fully saturated rings. The zero-order valence-electron chi connectivity index (χ0n) is 17.6. The molecule has 7 nitrogen and oxygen atoms in total. The molecule has 3 unspecified atom stereocenters. The molecule has 4 N–H and O–H groups in total. The average molecular weight is 413 g/mol. The molecule has 0 aromatic rings. The van der Waals surface area contributed by atoms with Crippen LogP contribution < -0.4 is 0 Å². The Bertz CT molecular complexity index is 580. The lowest BCUT2D eigenvalue weighted by atomic mass is 9.50. The van der Waals surface area contributed by atoms with Gasteiger partial charge in [0.05, 0.1) is 6.42 Å². The van der Waals surface area contributed by atoms with Crippen LogP contribution in [0, 0.1) is 29.1 Å². The summed E-state index contributed by atoms with van der Waals surface area (Å²) in [6, 6.07) is 0. The summed E-state index contributed by atoms with van der Waals surface area (Å²) in [5.41, 5.74) is -4.94. The fraction of sp³-hybridized carbons (Fsp3) is 0.864. The SMILES string of the molecule is CC(C1CCCCC1)C(C(=O)O)(C(C)C1CCCCC1)C(O)(CC(=O)O)C(=O)O. The van der Waals surface area contributed by atoms with Crippen molar-refractivity contribution in [3.8, 4) is 0 Å². The second kappa shape index (κ2) is 9.45. The van der Waals surface area contributed by atoms with Crippen LogP contribution in [0.3, 0.4) is 0 Å². The van der Waals surface area contributed by atoms with E-state index in [-0.39, 0.29) is 11.8 Å². The van der Waals surface area contributed by atoms with Crippen LogP contribution in [0.1, 0.15) is 84.5 Å². The summed E-state index contributed by atoms with van der Waals surface area (Å²) in [7, 11) is 0. The Balaban J connectivity index is 2.65. The van der Waals surface area contributed by atoms with Crippen LogP contribution in [0.5, 0.6) is 0 Å². The van der Waals surface area contributed by atoms with E-state index in [1.807, 2.05) is 0 Å². The van der Waals surface area contributed by atoms with Crippen molar-refractivity contribution in [3.63, 3.8) is 0 Å². The number of carboxylic acids is 3. The highest BCUT2D eigenvalue weighted by molar-refractivity contribution is 5.92. The Morgan fingerprint density at radius 1 is 0.759 bits per heavy atom. The lowest BCUT2D eigenvalue weighted by Gasteiger charge is -2.53. The molecule has 0 radical (unpaired) electrons. The van der Waals surface area contributed by atoms with Gasteiger partial charge in [0.2, 0.25) is 0 Å². The van der Waals surface area contributed by atoms with E-state index in [0.29, 0.717) is 0 Å². The molecule has 7 heteroatoms. The van der Waals surface area contributed by atoms with E-state index < -0.39 is 47.2 Å². The third-order valence-corrected chi connectivity index (χ3v) is 7.95. The summed E-state index contributed by atoms with van der Waals surface area (Å²) < 4.78 is 0. The maximum Gasteiger partial charge on any atom is 0.337 e. The Kier molecular flexibility index (Phi) is 7.71. The highest BCUT2D eigenvalue weighted by Gasteiger charge is 2.68. The molecule has 0 heterocycles. The van der Waals surface area contributed by atoms with E-state index in [0.717, 1.165) is 64.2 Å². The molecule has 29 heavy (non-hydrogen) atoms. The molecule has 0 amide bonds. The topological polar surface area (TPSA) is 132 Å². The number of rotatable bonds is 9. The summed E-state index contributed by atoms with van der Waals surface area (Å²) in [4.78, 5) is 36.8. The Labute approximate surface area is 172 Å². The maximum absolute atomic E-state index is 12.9. The molecule has 166 valence electrons. The van der Waals surface area contributed by atoms with Crippen LogP contribution in [0.2, 0.25) is 0 Å². The van der Waals surface area contributed by atoms with E-state index in [1.165, 1.54) is 0 Å². The summed E-state index contributed by atoms with van der Waals surface area (Å²) in [6.07, 6.45) is 7.83. The highest BCUT2D eigenvalue weighted by atomic mass is 16.4. The van der Waals surface area contributed by atoms with Crippen LogP contribution >= 0.6 is 0 Å². The maximum atomic E-state index is 12.9. The average Bonchev–Trinajstić information content (AvgIpc) is 2.68. The number of hydrogen-bond donors (Lipinski definition) is 4. The first-order chi connectivity index (χ1) is 13.6. The van der Waals surface area contributed by atoms with Crippen molar-refractivity contribution in [1.29, 1.82) is 0 Å². The fourth-order valence-electron chi connectivity index (χ4n) is 6.36. The van der Waals surface area contributed by atoms with E-state index in [4.69, 9.17) is 0 Å². The van der Waals surface area contributed by atoms with Gasteiger partial charge in [0.15, 0.2) is 5.60 Å². The molecule has 2 saturated carbocycles. The quantitative estimate of drug-likeness (QED) is 0.453. The Morgan fingerprint density at radius 3 is 1.41 bits per heavy atom. The number of hydrogen-bond acceptors (Lipinski definition) is 4. The fourth-order valence-corrected chi connectivity index (χ4v) is 6.36. The van der Waals surface area contributed by atoms with Gasteiger partial charge in [-0.3, -0.25) is 9.59 Å². The third kappa shape index (κ3) is 4.30. The number of aliphatic hydroxyl groups is 1. The van der Waals surface area contributed by atoms with E-state index in [1.54, 1.807) is 13.8 Å². The molecular formula is C22H36O7. The minimum atomic E-state index is -2.88. The van der Waals surface area contributed by atoms with Gasteiger partial charge in [0.25, 0.3) is 0 Å². The van der Waals surface area contributed by atoms with Gasteiger partial charge in [-0.15, -0.1) is 0 Å². The summed E-state index contributed by atoms with van der Waals surface area (Å²) >= 11 is 0. The zero-order valence-corrected chi connectivity index (χ0v) is 17.6. The molecule has 0 aliphatic heterocycles. The van der Waals surface area contributed by atoms with E-state index >= 15 is 0 Å². The largest absolute Gasteiger partial charge is 0.481 e. The van der Waals surface area contributed by atoms with Gasteiger partial charge in [0.1, 0.15) is 5.41 Å². The first-order valence-corrected chi connectivity index (χ1v) is 11.0. The standard InChI is InChI=1S/C22H36O7/c1-14(16-9-5-3-6-10-16)22(20(27)28,15(2)17-11-7-4-8-12-17)21(29,19(25)26)13-18(23)24/h14-17,29H,3-13H2,1-2H3,(H,23,24)(H,25,26)(H,27,28). The minimum absolute atomic E-state index is 0.0504. The van der Waals surface area contributed by atoms with E-state index in [9.17, 15) is 34.8 Å². The van der Waals surface area contributed by atoms with Gasteiger partial charge in [-0.1, -0.05) is 78.1 Å². The highest BCUT2D eigenvalue weighted by Crippen LogP contribution is 2.56. The molecule has 3 atom stereocenters. The molecule has 0 aromatic heterocycles. The Hall–Kier alpha value is -1.63. The molecule has 0 bridgehead atoms. The van der Waals surface area contributed by atoms with Crippen LogP contribution in [0.25, 0.3) is 0 Å². The lowest BCUT2D eigenvalue weighted by Crippen LogP contribution is -2.67. The second-order valence-corrected chi connectivity index (χ2v) is 9.28. The minimum Gasteiger partial charge on any atom is -0.481 e. The van der Waals surface area contributed by atoms with Crippen LogP contribution in [-0.2, 0) is 14.4 Å². The molecular weight excluding hydrogens is 376 g/mol. The molecule has 2 aliphatic carbocycles. The van der Waals surface area contributed by atoms with Crippen molar-refractivity contribution in [1.82, 2.24) is 0 Å². The Morgan fingerprint density at radius 2 is 1.14 bits per heavy atom. The number of carbonyl (C=O) groups is 3. The first-order valence-electron chi connectivity index (χ1n) is 11.0. The smallest absolute Gasteiger partial charge is 0.337 e. The zero-order chi connectivity index (χ0) is 21.8. The predicted molar refractivity (Wildman–Crippen MR) is 106 cm³/mol. The van der Waals surface area contributed by atoms with Crippen LogP contribution in [-0.4, -0.2) is 43.9 Å². The lowest BCUT2D eigenvalue weighted by molar-refractivity contribution is -0.217. The summed E-state index contributed by atoms with van der Waals surface area (Å²) in [6.45, 7) is 3.44. The normalized spacial score (nSPS) is 25.3. The van der Waals surface area contributed by atoms with Gasteiger partial charge >= 0.3 is 17.9 Å². The van der Waals surface area contributed by atoms with E-state index in [2.05, 4.69) is 0 Å². The second-order valence-electron chi connectivity index (χ2n) is 9.28. The number of aliphatic carboxylic acids is 3. The van der Waals surface area contributed by atoms with Gasteiger partial charge in [0, 0.05) is 0 Å². The van der Waals surface area contributed by atoms with Crippen molar-refractivity contribution < 1.29 is 34.8 Å².